The topological polar surface area (TPSA) is 29.5 Å². The summed E-state index contributed by atoms with van der Waals surface area (Å²) in [6.07, 6.45) is 4.08. The van der Waals surface area contributed by atoms with Crippen molar-refractivity contribution in [1.29, 1.82) is 0 Å². The summed E-state index contributed by atoms with van der Waals surface area (Å²) < 4.78 is 5.90. The molecule has 0 aliphatic carbocycles. The van der Waals surface area contributed by atoms with E-state index in [1.807, 2.05) is 62.9 Å². The van der Waals surface area contributed by atoms with Crippen LogP contribution in [0.2, 0.25) is 0 Å². The summed E-state index contributed by atoms with van der Waals surface area (Å²) in [6.45, 7) is 9.43. The van der Waals surface area contributed by atoms with Gasteiger partial charge >= 0.3 is 0 Å². The molecule has 19 heavy (non-hydrogen) atoms. The van der Waals surface area contributed by atoms with Crippen LogP contribution in [0.5, 0.6) is 5.75 Å². The van der Waals surface area contributed by atoms with E-state index in [4.69, 9.17) is 4.74 Å². The lowest BCUT2D eigenvalue weighted by molar-refractivity contribution is 0.0771. The predicted molar refractivity (Wildman–Crippen MR) is 77.4 cm³/mol. The van der Waals surface area contributed by atoms with Crippen LogP contribution in [-0.4, -0.2) is 29.5 Å². The van der Waals surface area contributed by atoms with E-state index in [0.717, 1.165) is 24.4 Å². The van der Waals surface area contributed by atoms with E-state index < -0.39 is 0 Å². The highest BCUT2D eigenvalue weighted by atomic mass is 16.5. The lowest BCUT2D eigenvalue weighted by Gasteiger charge is -2.28. The molecule has 0 unspecified atom stereocenters. The number of nitrogens with zero attached hydrogens (tertiary/aromatic N) is 1. The predicted octanol–water partition coefficient (Wildman–Crippen LogP) is 3.35. The molecule has 1 aromatic rings. The number of amides is 1. The largest absolute Gasteiger partial charge is 0.483 e. The van der Waals surface area contributed by atoms with Gasteiger partial charge in [-0.05, 0) is 45.9 Å². The second kappa shape index (κ2) is 5.08. The van der Waals surface area contributed by atoms with Gasteiger partial charge in [0.2, 0.25) is 0 Å². The van der Waals surface area contributed by atoms with Crippen LogP contribution in [0.25, 0.3) is 6.08 Å². The van der Waals surface area contributed by atoms with Crippen molar-refractivity contribution < 1.29 is 9.53 Å². The fourth-order valence-electron chi connectivity index (χ4n) is 2.19. The van der Waals surface area contributed by atoms with Crippen LogP contribution in [0.1, 0.15) is 43.6 Å². The van der Waals surface area contributed by atoms with Crippen LogP contribution in [0.3, 0.4) is 0 Å². The molecule has 0 N–H and O–H groups in total. The highest BCUT2D eigenvalue weighted by Gasteiger charge is 2.23. The molecule has 0 atom stereocenters. The van der Waals surface area contributed by atoms with Gasteiger partial charge in [0.15, 0.2) is 0 Å². The molecular formula is C16H21NO2. The summed E-state index contributed by atoms with van der Waals surface area (Å²) in [4.78, 5) is 14.1. The third-order valence-corrected chi connectivity index (χ3v) is 3.35. The van der Waals surface area contributed by atoms with E-state index in [1.54, 1.807) is 0 Å². The zero-order chi connectivity index (χ0) is 14.0. The minimum Gasteiger partial charge on any atom is -0.483 e. The van der Waals surface area contributed by atoms with Crippen LogP contribution in [-0.2, 0) is 0 Å². The average molecular weight is 259 g/mol. The number of carbonyl (C=O) groups is 1. The Morgan fingerprint density at radius 1 is 1.26 bits per heavy atom. The summed E-state index contributed by atoms with van der Waals surface area (Å²) in [7, 11) is 0. The summed E-state index contributed by atoms with van der Waals surface area (Å²) in [5.74, 6) is 0.842. The van der Waals surface area contributed by atoms with Gasteiger partial charge < -0.3 is 9.64 Å². The minimum atomic E-state index is -0.316. The Balaban J connectivity index is 2.32. The first-order valence-electron chi connectivity index (χ1n) is 6.78. The Hall–Kier alpha value is -1.77. The number of benzene rings is 1. The maximum atomic E-state index is 12.3. The van der Waals surface area contributed by atoms with Gasteiger partial charge in [0, 0.05) is 24.2 Å². The fourth-order valence-corrected chi connectivity index (χ4v) is 2.19. The molecule has 2 rings (SSSR count). The first-order chi connectivity index (χ1) is 8.96. The summed E-state index contributed by atoms with van der Waals surface area (Å²) in [6, 6.07) is 5.66. The molecular weight excluding hydrogens is 238 g/mol. The molecule has 1 aliphatic heterocycles. The molecule has 0 bridgehead atoms. The Labute approximate surface area is 114 Å². The van der Waals surface area contributed by atoms with Crippen molar-refractivity contribution in [2.75, 3.05) is 13.1 Å². The molecule has 0 fully saturated rings. The summed E-state index contributed by atoms with van der Waals surface area (Å²) in [5.41, 5.74) is 1.40. The maximum absolute atomic E-state index is 12.3. The zero-order valence-corrected chi connectivity index (χ0v) is 12.1. The van der Waals surface area contributed by atoms with E-state index in [9.17, 15) is 4.79 Å². The van der Waals surface area contributed by atoms with E-state index >= 15 is 0 Å². The number of ether oxygens (including phenoxy) is 1. The second-order valence-corrected chi connectivity index (χ2v) is 5.27. The average Bonchev–Trinajstić information content (AvgIpc) is 2.38. The van der Waals surface area contributed by atoms with Crippen LogP contribution in [0.15, 0.2) is 24.3 Å². The van der Waals surface area contributed by atoms with Gasteiger partial charge in [-0.15, -0.1) is 0 Å². The first-order valence-corrected chi connectivity index (χ1v) is 6.78. The Morgan fingerprint density at radius 2 is 1.95 bits per heavy atom. The van der Waals surface area contributed by atoms with Gasteiger partial charge in [-0.1, -0.05) is 12.1 Å². The standard InChI is InChI=1S/C16H21NO2/c1-5-17(6-2)15(18)13-8-7-12-9-10-16(3,4)19-14(12)11-13/h7-11H,5-6H2,1-4H3. The maximum Gasteiger partial charge on any atom is 0.253 e. The van der Waals surface area contributed by atoms with Crippen molar-refractivity contribution in [2.24, 2.45) is 0 Å². The number of hydrogen-bond donors (Lipinski definition) is 0. The molecule has 0 spiro atoms. The van der Waals surface area contributed by atoms with Crippen LogP contribution >= 0.6 is 0 Å². The highest BCUT2D eigenvalue weighted by molar-refractivity contribution is 5.95. The smallest absolute Gasteiger partial charge is 0.253 e. The molecule has 1 aromatic carbocycles. The number of rotatable bonds is 3. The van der Waals surface area contributed by atoms with Gasteiger partial charge in [0.05, 0.1) is 0 Å². The normalized spacial score (nSPS) is 15.6. The number of fused-ring (bicyclic) bond motifs is 1. The molecule has 0 saturated heterocycles. The van der Waals surface area contributed by atoms with Crippen molar-refractivity contribution in [3.63, 3.8) is 0 Å². The molecule has 0 aromatic heterocycles. The molecule has 3 nitrogen and oxygen atoms in total. The van der Waals surface area contributed by atoms with Crippen molar-refractivity contribution in [3.05, 3.63) is 35.4 Å². The van der Waals surface area contributed by atoms with Crippen molar-refractivity contribution in [3.8, 4) is 5.75 Å². The van der Waals surface area contributed by atoms with Gasteiger partial charge in [-0.3, -0.25) is 4.79 Å². The monoisotopic (exact) mass is 259 g/mol. The van der Waals surface area contributed by atoms with E-state index in [-0.39, 0.29) is 11.5 Å². The Morgan fingerprint density at radius 3 is 2.58 bits per heavy atom. The van der Waals surface area contributed by atoms with Gasteiger partial charge in [0.1, 0.15) is 11.4 Å². The molecule has 0 saturated carbocycles. The van der Waals surface area contributed by atoms with Crippen LogP contribution < -0.4 is 4.74 Å². The van der Waals surface area contributed by atoms with Crippen molar-refractivity contribution in [1.82, 2.24) is 4.90 Å². The molecule has 1 aliphatic rings. The molecule has 3 heteroatoms. The highest BCUT2D eigenvalue weighted by Crippen LogP contribution is 2.31. The molecule has 1 heterocycles. The van der Waals surface area contributed by atoms with Gasteiger partial charge in [0.25, 0.3) is 5.91 Å². The summed E-state index contributed by atoms with van der Waals surface area (Å²) in [5, 5.41) is 0. The van der Waals surface area contributed by atoms with E-state index in [2.05, 4.69) is 0 Å². The lowest BCUT2D eigenvalue weighted by Crippen LogP contribution is -2.31. The molecule has 1 amide bonds. The number of carbonyl (C=O) groups excluding carboxylic acids is 1. The Kier molecular flexibility index (Phi) is 3.65. The Bertz CT molecular complexity index is 513. The second-order valence-electron chi connectivity index (χ2n) is 5.27. The SMILES string of the molecule is CCN(CC)C(=O)c1ccc2c(c1)OC(C)(C)C=C2. The van der Waals surface area contributed by atoms with Crippen LogP contribution in [0, 0.1) is 0 Å². The van der Waals surface area contributed by atoms with Gasteiger partial charge in [-0.2, -0.15) is 0 Å². The van der Waals surface area contributed by atoms with Crippen LogP contribution in [0.4, 0.5) is 0 Å². The summed E-state index contributed by atoms with van der Waals surface area (Å²) >= 11 is 0. The third kappa shape index (κ3) is 2.80. The minimum absolute atomic E-state index is 0.0590. The van der Waals surface area contributed by atoms with Gasteiger partial charge in [-0.25, -0.2) is 0 Å². The lowest BCUT2D eigenvalue weighted by atomic mass is 10.0. The number of hydrogen-bond acceptors (Lipinski definition) is 2. The molecule has 102 valence electrons. The third-order valence-electron chi connectivity index (χ3n) is 3.35. The fraction of sp³-hybridized carbons (Fsp3) is 0.438. The quantitative estimate of drug-likeness (QED) is 0.833. The zero-order valence-electron chi connectivity index (χ0n) is 12.1. The molecule has 0 radical (unpaired) electrons. The van der Waals surface area contributed by atoms with Crippen molar-refractivity contribution in [2.45, 2.75) is 33.3 Å². The van der Waals surface area contributed by atoms with E-state index in [1.165, 1.54) is 0 Å². The van der Waals surface area contributed by atoms with E-state index in [0.29, 0.717) is 5.56 Å². The first kappa shape index (κ1) is 13.7. The van der Waals surface area contributed by atoms with Crippen molar-refractivity contribution >= 4 is 12.0 Å².